The van der Waals surface area contributed by atoms with E-state index in [9.17, 15) is 4.79 Å². The Morgan fingerprint density at radius 1 is 0.833 bits per heavy atom. The summed E-state index contributed by atoms with van der Waals surface area (Å²) in [6.45, 7) is 0.802. The second-order valence-corrected chi connectivity index (χ2v) is 9.11. The highest BCUT2D eigenvalue weighted by molar-refractivity contribution is 6.07. The zero-order valence-corrected chi connectivity index (χ0v) is 21.1. The number of carbonyl (C=O) groups excluding carboxylic acids is 1. The van der Waals surface area contributed by atoms with E-state index in [1.54, 1.807) is 38.5 Å². The van der Waals surface area contributed by atoms with Crippen molar-refractivity contribution in [2.45, 2.75) is 32.1 Å². The van der Waals surface area contributed by atoms with Gasteiger partial charge in [0.15, 0.2) is 5.78 Å². The van der Waals surface area contributed by atoms with Crippen LogP contribution in [0.5, 0.6) is 17.2 Å². The Balaban J connectivity index is 1.51. The lowest BCUT2D eigenvalue weighted by Gasteiger charge is -2.21. The lowest BCUT2D eigenvalue weighted by molar-refractivity contribution is 0.104. The summed E-state index contributed by atoms with van der Waals surface area (Å²) in [4.78, 5) is 12.6. The van der Waals surface area contributed by atoms with Gasteiger partial charge in [-0.15, -0.1) is 0 Å². The number of rotatable bonds is 10. The number of hydrogen-bond donors (Lipinski definition) is 0. The largest absolute Gasteiger partial charge is 0.497 e. The summed E-state index contributed by atoms with van der Waals surface area (Å²) in [5, 5.41) is 0. The molecule has 0 N–H and O–H groups in total. The zero-order valence-electron chi connectivity index (χ0n) is 21.1. The first kappa shape index (κ1) is 25.3. The van der Waals surface area contributed by atoms with Gasteiger partial charge in [-0.3, -0.25) is 4.79 Å². The van der Waals surface area contributed by atoms with Gasteiger partial charge in [-0.05, 0) is 60.2 Å². The lowest BCUT2D eigenvalue weighted by atomic mass is 9.90. The van der Waals surface area contributed by atoms with Crippen LogP contribution in [0, 0.1) is 5.92 Å². The molecule has 0 saturated heterocycles. The molecule has 0 aromatic heterocycles. The number of ether oxygens (including phenoxy) is 3. The molecule has 1 fully saturated rings. The highest BCUT2D eigenvalue weighted by Gasteiger charge is 2.14. The van der Waals surface area contributed by atoms with Gasteiger partial charge in [0, 0.05) is 17.2 Å². The van der Waals surface area contributed by atoms with Gasteiger partial charge in [0.2, 0.25) is 0 Å². The van der Waals surface area contributed by atoms with E-state index >= 15 is 0 Å². The Kier molecular flexibility index (Phi) is 8.98. The molecule has 4 nitrogen and oxygen atoms in total. The van der Waals surface area contributed by atoms with Crippen LogP contribution in [0.2, 0.25) is 0 Å². The van der Waals surface area contributed by atoms with Crippen LogP contribution in [0.25, 0.3) is 18.2 Å². The molecular weight excluding hydrogens is 448 g/mol. The number of carbonyl (C=O) groups is 1. The van der Waals surface area contributed by atoms with Crippen molar-refractivity contribution in [1.29, 1.82) is 0 Å². The van der Waals surface area contributed by atoms with Crippen LogP contribution in [0.1, 0.15) is 59.2 Å². The quantitative estimate of drug-likeness (QED) is 0.168. The fourth-order valence-corrected chi connectivity index (χ4v) is 4.51. The monoisotopic (exact) mass is 482 g/mol. The van der Waals surface area contributed by atoms with Gasteiger partial charge in [0.25, 0.3) is 0 Å². The second kappa shape index (κ2) is 12.8. The molecule has 0 spiro atoms. The Hall–Kier alpha value is -3.79. The molecule has 3 aromatic rings. The van der Waals surface area contributed by atoms with Crippen molar-refractivity contribution < 1.29 is 19.0 Å². The summed E-state index contributed by atoms with van der Waals surface area (Å²) >= 11 is 0. The maximum atomic E-state index is 12.6. The SMILES string of the molecule is COc1cc(/C=C/c2ccc(OCC3CCCCC3)cc2)c(/C=C/C(=O)c2ccccc2)c(OC)c1. The summed E-state index contributed by atoms with van der Waals surface area (Å²) in [5.74, 6) is 2.85. The van der Waals surface area contributed by atoms with Gasteiger partial charge in [-0.25, -0.2) is 0 Å². The molecule has 0 bridgehead atoms. The molecule has 1 aliphatic carbocycles. The lowest BCUT2D eigenvalue weighted by Crippen LogP contribution is -2.15. The maximum absolute atomic E-state index is 12.6. The van der Waals surface area contributed by atoms with Crippen LogP contribution in [0.3, 0.4) is 0 Å². The first-order valence-electron chi connectivity index (χ1n) is 12.6. The number of methoxy groups -OCH3 is 2. The Morgan fingerprint density at radius 3 is 2.28 bits per heavy atom. The first-order valence-corrected chi connectivity index (χ1v) is 12.6. The van der Waals surface area contributed by atoms with Crippen LogP contribution in [0.4, 0.5) is 0 Å². The minimum Gasteiger partial charge on any atom is -0.497 e. The van der Waals surface area contributed by atoms with Crippen LogP contribution in [-0.2, 0) is 0 Å². The van der Waals surface area contributed by atoms with Gasteiger partial charge in [0.1, 0.15) is 17.2 Å². The van der Waals surface area contributed by atoms with Crippen LogP contribution in [0.15, 0.2) is 72.8 Å². The van der Waals surface area contributed by atoms with Crippen molar-refractivity contribution in [3.63, 3.8) is 0 Å². The number of ketones is 1. The highest BCUT2D eigenvalue weighted by atomic mass is 16.5. The fraction of sp³-hybridized carbons (Fsp3) is 0.281. The molecule has 0 amide bonds. The van der Waals surface area contributed by atoms with E-state index in [0.717, 1.165) is 29.0 Å². The minimum absolute atomic E-state index is 0.0628. The predicted octanol–water partition coefficient (Wildman–Crippen LogP) is 7.73. The zero-order chi connectivity index (χ0) is 25.2. The molecular formula is C32H34O4. The normalized spacial score (nSPS) is 14.3. The molecule has 0 radical (unpaired) electrons. The number of allylic oxidation sites excluding steroid dienone is 1. The van der Waals surface area contributed by atoms with Crippen molar-refractivity contribution >= 4 is 24.0 Å². The van der Waals surface area contributed by atoms with Crippen LogP contribution >= 0.6 is 0 Å². The van der Waals surface area contributed by atoms with Gasteiger partial charge >= 0.3 is 0 Å². The summed E-state index contributed by atoms with van der Waals surface area (Å²) in [6, 6.07) is 21.1. The van der Waals surface area contributed by atoms with Crippen molar-refractivity contribution in [3.8, 4) is 17.2 Å². The number of hydrogen-bond acceptors (Lipinski definition) is 4. The number of benzene rings is 3. The van der Waals surface area contributed by atoms with Crippen molar-refractivity contribution in [1.82, 2.24) is 0 Å². The standard InChI is InChI=1S/C32H34O4/c1-34-29-21-27(30(32(22-29)35-2)19-20-31(33)26-11-7-4-8-12-26)16-13-24-14-17-28(18-15-24)36-23-25-9-5-3-6-10-25/h4,7-8,11-22,25H,3,5-6,9-10,23H2,1-2H3/b16-13+,20-19+. The van der Waals surface area contributed by atoms with E-state index in [-0.39, 0.29) is 5.78 Å². The molecule has 0 heterocycles. The maximum Gasteiger partial charge on any atom is 0.185 e. The average molecular weight is 483 g/mol. The van der Waals surface area contributed by atoms with Gasteiger partial charge < -0.3 is 14.2 Å². The van der Waals surface area contributed by atoms with Crippen molar-refractivity contribution in [2.75, 3.05) is 20.8 Å². The summed E-state index contributed by atoms with van der Waals surface area (Å²) in [6.07, 6.45) is 14.0. The topological polar surface area (TPSA) is 44.8 Å². The minimum atomic E-state index is -0.0628. The van der Waals surface area contributed by atoms with Crippen molar-refractivity contribution in [2.24, 2.45) is 5.92 Å². The van der Waals surface area contributed by atoms with Crippen LogP contribution in [-0.4, -0.2) is 26.6 Å². The molecule has 4 heteroatoms. The summed E-state index contributed by atoms with van der Waals surface area (Å²) < 4.78 is 17.1. The Bertz CT molecular complexity index is 1190. The molecule has 186 valence electrons. The first-order chi connectivity index (χ1) is 17.7. The third-order valence-electron chi connectivity index (χ3n) is 6.61. The molecule has 1 aliphatic rings. The smallest absolute Gasteiger partial charge is 0.185 e. The second-order valence-electron chi connectivity index (χ2n) is 9.11. The molecule has 0 atom stereocenters. The van der Waals surface area contributed by atoms with E-state index < -0.39 is 0 Å². The molecule has 36 heavy (non-hydrogen) atoms. The van der Waals surface area contributed by atoms with Gasteiger partial charge in [-0.1, -0.05) is 73.9 Å². The van der Waals surface area contributed by atoms with E-state index in [4.69, 9.17) is 14.2 Å². The van der Waals surface area contributed by atoms with Crippen LogP contribution < -0.4 is 14.2 Å². The molecule has 4 rings (SSSR count). The molecule has 3 aromatic carbocycles. The highest BCUT2D eigenvalue weighted by Crippen LogP contribution is 2.32. The Labute approximate surface area is 214 Å². The summed E-state index contributed by atoms with van der Waals surface area (Å²) in [5.41, 5.74) is 3.40. The van der Waals surface area contributed by atoms with E-state index in [1.807, 2.05) is 54.6 Å². The summed E-state index contributed by atoms with van der Waals surface area (Å²) in [7, 11) is 3.24. The molecule has 1 saturated carbocycles. The predicted molar refractivity (Wildman–Crippen MR) is 147 cm³/mol. The van der Waals surface area contributed by atoms with E-state index in [2.05, 4.69) is 12.1 Å². The third kappa shape index (κ3) is 6.88. The fourth-order valence-electron chi connectivity index (χ4n) is 4.51. The van der Waals surface area contributed by atoms with Gasteiger partial charge in [0.05, 0.1) is 20.8 Å². The Morgan fingerprint density at radius 2 is 1.58 bits per heavy atom. The van der Waals surface area contributed by atoms with Gasteiger partial charge in [-0.2, -0.15) is 0 Å². The van der Waals surface area contributed by atoms with E-state index in [1.165, 1.54) is 32.1 Å². The third-order valence-corrected chi connectivity index (χ3v) is 6.61. The average Bonchev–Trinajstić information content (AvgIpc) is 2.95. The van der Waals surface area contributed by atoms with E-state index in [0.29, 0.717) is 23.0 Å². The van der Waals surface area contributed by atoms with Crippen molar-refractivity contribution in [3.05, 3.63) is 95.1 Å². The molecule has 0 unspecified atom stereocenters. The molecule has 0 aliphatic heterocycles.